The van der Waals surface area contributed by atoms with Gasteiger partial charge in [0.1, 0.15) is 11.5 Å². The lowest BCUT2D eigenvalue weighted by Gasteiger charge is -2.18. The van der Waals surface area contributed by atoms with Crippen LogP contribution in [0, 0.1) is 5.82 Å². The summed E-state index contributed by atoms with van der Waals surface area (Å²) < 4.78 is 14.0. The lowest BCUT2D eigenvalue weighted by atomic mass is 10.0. The SMILES string of the molecule is O=C(NC1(c2ccccc2F)CC1)c1c[nH]c2c3nc-3cc12. The molecule has 1 aliphatic heterocycles. The summed E-state index contributed by atoms with van der Waals surface area (Å²) in [5, 5.41) is 3.91. The summed E-state index contributed by atoms with van der Waals surface area (Å²) in [7, 11) is 0. The van der Waals surface area contributed by atoms with E-state index < -0.39 is 5.54 Å². The van der Waals surface area contributed by atoms with Crippen LogP contribution in [-0.2, 0) is 5.54 Å². The number of halogens is 1. The van der Waals surface area contributed by atoms with Crippen molar-refractivity contribution in [1.29, 1.82) is 0 Å². The van der Waals surface area contributed by atoms with Crippen molar-refractivity contribution >= 4 is 16.8 Å². The van der Waals surface area contributed by atoms with Crippen molar-refractivity contribution in [2.45, 2.75) is 18.4 Å². The highest BCUT2D eigenvalue weighted by atomic mass is 19.1. The average Bonchev–Trinajstić information content (AvgIpc) is 3.37. The highest BCUT2D eigenvalue weighted by Gasteiger charge is 2.47. The Morgan fingerprint density at radius 2 is 2.14 bits per heavy atom. The Hall–Kier alpha value is -2.69. The lowest BCUT2D eigenvalue weighted by Crippen LogP contribution is -2.35. The molecular weight excluding hydrogens is 281 g/mol. The van der Waals surface area contributed by atoms with Crippen LogP contribution < -0.4 is 5.32 Å². The normalized spacial score (nSPS) is 16.6. The van der Waals surface area contributed by atoms with Crippen LogP contribution in [0.1, 0.15) is 28.8 Å². The van der Waals surface area contributed by atoms with Gasteiger partial charge in [0.25, 0.3) is 5.91 Å². The molecule has 2 aliphatic carbocycles. The molecule has 1 fully saturated rings. The van der Waals surface area contributed by atoms with Crippen molar-refractivity contribution in [2.75, 3.05) is 0 Å². The molecule has 0 bridgehead atoms. The number of nitrogens with zero attached hydrogens (tertiary/aromatic N) is 1. The molecule has 2 aromatic rings. The van der Waals surface area contributed by atoms with Crippen molar-refractivity contribution < 1.29 is 9.18 Å². The number of fused-ring (bicyclic) bond motifs is 3. The average molecular weight is 293 g/mol. The first-order valence-electron chi connectivity index (χ1n) is 7.28. The lowest BCUT2D eigenvalue weighted by molar-refractivity contribution is 0.0932. The summed E-state index contributed by atoms with van der Waals surface area (Å²) in [4.78, 5) is 19.9. The van der Waals surface area contributed by atoms with Crippen molar-refractivity contribution in [1.82, 2.24) is 15.3 Å². The second-order valence-corrected chi connectivity index (χ2v) is 6.00. The quantitative estimate of drug-likeness (QED) is 0.610. The van der Waals surface area contributed by atoms with Crippen molar-refractivity contribution in [2.24, 2.45) is 0 Å². The standard InChI is InChI=1S/C17H12FN3O/c18-12-4-2-1-3-11(12)17(5-6-17)21-16(22)10-8-19-14-9(10)7-13-15(14)20-13/h1-4,7-8,19H,5-6H2,(H,21,22). The molecule has 5 heteroatoms. The number of aromatic nitrogens is 2. The number of hydrogen-bond acceptors (Lipinski definition) is 2. The van der Waals surface area contributed by atoms with Crippen molar-refractivity contribution in [3.05, 3.63) is 53.5 Å². The number of benzene rings is 1. The van der Waals surface area contributed by atoms with Crippen LogP contribution in [-0.4, -0.2) is 15.9 Å². The Morgan fingerprint density at radius 3 is 2.91 bits per heavy atom. The molecule has 1 saturated carbocycles. The number of carbonyl (C=O) groups is 1. The molecule has 108 valence electrons. The zero-order valence-electron chi connectivity index (χ0n) is 11.6. The third-order valence-corrected chi connectivity index (χ3v) is 4.60. The maximum atomic E-state index is 14.0. The predicted octanol–water partition coefficient (Wildman–Crippen LogP) is 3.10. The van der Waals surface area contributed by atoms with Crippen LogP contribution in [0.5, 0.6) is 0 Å². The minimum absolute atomic E-state index is 0.169. The molecule has 1 amide bonds. The van der Waals surface area contributed by atoms with E-state index in [1.54, 1.807) is 24.4 Å². The number of amides is 1. The number of aromatic amines is 1. The summed E-state index contributed by atoms with van der Waals surface area (Å²) >= 11 is 0. The number of hydrogen-bond donors (Lipinski definition) is 2. The first-order valence-corrected chi connectivity index (χ1v) is 7.28. The van der Waals surface area contributed by atoms with Crippen molar-refractivity contribution in [3.63, 3.8) is 0 Å². The second-order valence-electron chi connectivity index (χ2n) is 6.00. The Kier molecular flexibility index (Phi) is 2.02. The largest absolute Gasteiger partial charge is 0.359 e. The Labute approximate surface area is 125 Å². The molecule has 5 rings (SSSR count). The summed E-state index contributed by atoms with van der Waals surface area (Å²) in [6.45, 7) is 0. The Balaban J connectivity index is 1.49. The number of nitrogens with one attached hydrogen (secondary N) is 2. The smallest absolute Gasteiger partial charge is 0.254 e. The van der Waals surface area contributed by atoms with Crippen LogP contribution in [0.4, 0.5) is 4.39 Å². The Morgan fingerprint density at radius 1 is 1.32 bits per heavy atom. The summed E-state index contributed by atoms with van der Waals surface area (Å²) in [6.07, 6.45) is 3.23. The van der Waals surface area contributed by atoms with Crippen LogP contribution >= 0.6 is 0 Å². The molecular formula is C17H12FN3O. The molecule has 1 aromatic carbocycles. The van der Waals surface area contributed by atoms with E-state index in [1.807, 2.05) is 6.07 Å². The number of H-pyrrole nitrogens is 1. The number of rotatable bonds is 3. The topological polar surface area (TPSA) is 57.8 Å². The van der Waals surface area contributed by atoms with Crippen LogP contribution in [0.2, 0.25) is 0 Å². The van der Waals surface area contributed by atoms with E-state index in [9.17, 15) is 9.18 Å². The molecule has 0 saturated heterocycles. The van der Waals surface area contributed by atoms with Gasteiger partial charge in [-0.2, -0.15) is 0 Å². The van der Waals surface area contributed by atoms with Crippen LogP contribution in [0.3, 0.4) is 0 Å². The molecule has 0 unspecified atom stereocenters. The fraction of sp³-hybridized carbons (Fsp3) is 0.176. The van der Waals surface area contributed by atoms with Gasteiger partial charge in [-0.1, -0.05) is 18.2 Å². The van der Waals surface area contributed by atoms with E-state index in [2.05, 4.69) is 15.3 Å². The number of pyridine rings is 1. The predicted molar refractivity (Wildman–Crippen MR) is 79.9 cm³/mol. The fourth-order valence-electron chi connectivity index (χ4n) is 3.20. The van der Waals surface area contributed by atoms with Gasteiger partial charge in [0.15, 0.2) is 0 Å². The molecule has 0 radical (unpaired) electrons. The zero-order valence-corrected chi connectivity index (χ0v) is 11.6. The van der Waals surface area contributed by atoms with Gasteiger partial charge in [-0.05, 0) is 25.0 Å². The molecule has 2 N–H and O–H groups in total. The van der Waals surface area contributed by atoms with Gasteiger partial charge in [0.2, 0.25) is 0 Å². The minimum atomic E-state index is -0.557. The van der Waals surface area contributed by atoms with E-state index in [4.69, 9.17) is 0 Å². The monoisotopic (exact) mass is 293 g/mol. The first-order chi connectivity index (χ1) is 10.7. The summed E-state index contributed by atoms with van der Waals surface area (Å²) in [5.41, 5.74) is 3.42. The summed E-state index contributed by atoms with van der Waals surface area (Å²) in [5.74, 6) is -0.436. The highest BCUT2D eigenvalue weighted by Crippen LogP contribution is 2.47. The van der Waals surface area contributed by atoms with Gasteiger partial charge in [0.05, 0.1) is 22.3 Å². The third-order valence-electron chi connectivity index (χ3n) is 4.60. The molecule has 3 aliphatic rings. The van der Waals surface area contributed by atoms with E-state index in [1.165, 1.54) is 6.07 Å². The third kappa shape index (κ3) is 1.51. The molecule has 22 heavy (non-hydrogen) atoms. The van der Waals surface area contributed by atoms with E-state index in [0.29, 0.717) is 11.1 Å². The highest BCUT2D eigenvalue weighted by molar-refractivity contribution is 6.13. The van der Waals surface area contributed by atoms with Crippen LogP contribution in [0.25, 0.3) is 22.3 Å². The summed E-state index contributed by atoms with van der Waals surface area (Å²) in [6, 6.07) is 8.56. The van der Waals surface area contributed by atoms with Gasteiger partial charge >= 0.3 is 0 Å². The molecule has 0 spiro atoms. The van der Waals surface area contributed by atoms with Gasteiger partial charge in [-0.25, -0.2) is 9.37 Å². The number of carbonyl (C=O) groups excluding carboxylic acids is 1. The van der Waals surface area contributed by atoms with E-state index in [-0.39, 0.29) is 11.7 Å². The van der Waals surface area contributed by atoms with E-state index >= 15 is 0 Å². The molecule has 4 nitrogen and oxygen atoms in total. The molecule has 0 atom stereocenters. The maximum Gasteiger partial charge on any atom is 0.254 e. The first kappa shape index (κ1) is 11.9. The fourth-order valence-corrected chi connectivity index (χ4v) is 3.20. The zero-order chi connectivity index (χ0) is 14.9. The van der Waals surface area contributed by atoms with Gasteiger partial charge in [-0.3, -0.25) is 4.79 Å². The second kappa shape index (κ2) is 3.74. The molecule has 1 aromatic heterocycles. The van der Waals surface area contributed by atoms with Crippen LogP contribution in [0.15, 0.2) is 36.5 Å². The van der Waals surface area contributed by atoms with Crippen molar-refractivity contribution in [3.8, 4) is 11.4 Å². The van der Waals surface area contributed by atoms with E-state index in [0.717, 1.165) is 35.1 Å². The maximum absolute atomic E-state index is 14.0. The minimum Gasteiger partial charge on any atom is -0.359 e. The Bertz CT molecular complexity index is 956. The van der Waals surface area contributed by atoms with Gasteiger partial charge in [-0.15, -0.1) is 0 Å². The molecule has 2 heterocycles. The van der Waals surface area contributed by atoms with Gasteiger partial charge < -0.3 is 10.3 Å². The van der Waals surface area contributed by atoms with Gasteiger partial charge in [0, 0.05) is 17.1 Å².